The van der Waals surface area contributed by atoms with Crippen LogP contribution in [0.2, 0.25) is 0 Å². The summed E-state index contributed by atoms with van der Waals surface area (Å²) in [6.45, 7) is 9.05. The molecule has 1 amide bonds. The monoisotopic (exact) mass is 407 g/mol. The molecule has 0 aliphatic carbocycles. The smallest absolute Gasteiger partial charge is 0.255 e. The van der Waals surface area contributed by atoms with E-state index in [0.717, 1.165) is 13.6 Å². The van der Waals surface area contributed by atoms with Crippen molar-refractivity contribution in [2.24, 2.45) is 0 Å². The number of rotatable bonds is 4. The minimum atomic E-state index is 0.0425. The van der Waals surface area contributed by atoms with Gasteiger partial charge in [0.1, 0.15) is 0 Å². The third kappa shape index (κ3) is 4.10. The maximum Gasteiger partial charge on any atom is 0.255 e. The molecule has 0 saturated heterocycles. The number of likely N-dealkylation sites (N-methyl/N-ethyl adjacent to an activating group) is 1. The van der Waals surface area contributed by atoms with Gasteiger partial charge in [-0.1, -0.05) is 12.2 Å². The van der Waals surface area contributed by atoms with Crippen LogP contribution in [0.25, 0.3) is 0 Å². The van der Waals surface area contributed by atoms with Gasteiger partial charge in [-0.25, -0.2) is 0 Å². The van der Waals surface area contributed by atoms with E-state index in [2.05, 4.69) is 45.1 Å². The van der Waals surface area contributed by atoms with Crippen molar-refractivity contribution < 1.29 is 4.79 Å². The van der Waals surface area contributed by atoms with Gasteiger partial charge in [-0.3, -0.25) is 4.79 Å². The molecule has 0 N–H and O–H groups in total. The lowest BCUT2D eigenvalue weighted by molar-refractivity contribution is 0.0777. The minimum Gasteiger partial charge on any atom is -0.335 e. The quantitative estimate of drug-likeness (QED) is 0.543. The number of carbonyl (C=O) groups excluding carboxylic acids is 1. The second-order valence-electron chi connectivity index (χ2n) is 3.90. The van der Waals surface area contributed by atoms with E-state index in [1.165, 1.54) is 0 Å². The van der Waals surface area contributed by atoms with Gasteiger partial charge in [0.15, 0.2) is 0 Å². The van der Waals surface area contributed by atoms with E-state index in [-0.39, 0.29) is 5.91 Å². The van der Waals surface area contributed by atoms with Crippen LogP contribution in [0.1, 0.15) is 24.2 Å². The molecule has 0 atom stereocenters. The van der Waals surface area contributed by atoms with Gasteiger partial charge in [0.25, 0.3) is 5.91 Å². The molecule has 0 heterocycles. The molecule has 0 aromatic heterocycles. The van der Waals surface area contributed by atoms with Crippen molar-refractivity contribution in [2.75, 3.05) is 13.1 Å². The zero-order valence-corrected chi connectivity index (χ0v) is 13.7. The van der Waals surface area contributed by atoms with Crippen LogP contribution >= 0.6 is 38.5 Å². The summed E-state index contributed by atoms with van der Waals surface area (Å²) in [5.74, 6) is 0.0425. The second kappa shape index (κ2) is 6.54. The van der Waals surface area contributed by atoms with E-state index in [1.807, 2.05) is 32.0 Å². The van der Waals surface area contributed by atoms with E-state index in [1.54, 1.807) is 4.90 Å². The molecule has 0 aliphatic heterocycles. The van der Waals surface area contributed by atoms with Gasteiger partial charge >= 0.3 is 0 Å². The highest BCUT2D eigenvalue weighted by Gasteiger charge is 2.17. The van der Waals surface area contributed by atoms with E-state index in [4.69, 9.17) is 0 Å². The standard InChI is InChI=1S/C13H15BrINO/c1-4-16(8-9(2)3)13(17)11-7-10(15)5-6-12(11)14/h5-7H,2,4,8H2,1,3H3. The summed E-state index contributed by atoms with van der Waals surface area (Å²) < 4.78 is 1.89. The fourth-order valence-corrected chi connectivity index (χ4v) is 2.39. The van der Waals surface area contributed by atoms with Crippen molar-refractivity contribution >= 4 is 44.4 Å². The molecular formula is C13H15BrINO. The van der Waals surface area contributed by atoms with Crippen molar-refractivity contribution in [3.05, 3.63) is 44.0 Å². The largest absolute Gasteiger partial charge is 0.335 e. The second-order valence-corrected chi connectivity index (χ2v) is 6.00. The van der Waals surface area contributed by atoms with Crippen molar-refractivity contribution in [1.29, 1.82) is 0 Å². The predicted octanol–water partition coefficient (Wildman–Crippen LogP) is 4.09. The lowest BCUT2D eigenvalue weighted by Gasteiger charge is -2.21. The summed E-state index contributed by atoms with van der Waals surface area (Å²) in [5, 5.41) is 0. The highest BCUT2D eigenvalue weighted by molar-refractivity contribution is 14.1. The molecule has 0 bridgehead atoms. The molecule has 1 rings (SSSR count). The van der Waals surface area contributed by atoms with Crippen molar-refractivity contribution in [3.8, 4) is 0 Å². The molecule has 0 aliphatic rings. The van der Waals surface area contributed by atoms with Gasteiger partial charge in [-0.2, -0.15) is 0 Å². The van der Waals surface area contributed by atoms with E-state index >= 15 is 0 Å². The Hall–Kier alpha value is -0.360. The Morgan fingerprint density at radius 1 is 1.53 bits per heavy atom. The Kier molecular flexibility index (Phi) is 5.66. The Balaban J connectivity index is 3.01. The molecule has 4 heteroatoms. The first-order valence-corrected chi connectivity index (χ1v) is 7.21. The molecule has 0 radical (unpaired) electrons. The normalized spacial score (nSPS) is 10.1. The van der Waals surface area contributed by atoms with Gasteiger partial charge in [-0.15, -0.1) is 0 Å². The molecule has 2 nitrogen and oxygen atoms in total. The summed E-state index contributed by atoms with van der Waals surface area (Å²) in [4.78, 5) is 14.1. The molecule has 0 fully saturated rings. The summed E-state index contributed by atoms with van der Waals surface area (Å²) in [5.41, 5.74) is 1.70. The van der Waals surface area contributed by atoms with E-state index < -0.39 is 0 Å². The van der Waals surface area contributed by atoms with Gasteiger partial charge in [0, 0.05) is 21.1 Å². The zero-order valence-electron chi connectivity index (χ0n) is 9.96. The molecule has 17 heavy (non-hydrogen) atoms. The summed E-state index contributed by atoms with van der Waals surface area (Å²) in [6, 6.07) is 5.77. The topological polar surface area (TPSA) is 20.3 Å². The third-order valence-corrected chi connectivity index (χ3v) is 3.65. The Morgan fingerprint density at radius 2 is 2.18 bits per heavy atom. The number of nitrogens with zero attached hydrogens (tertiary/aromatic N) is 1. The number of halogens is 2. The van der Waals surface area contributed by atoms with Gasteiger partial charge < -0.3 is 4.90 Å². The first-order chi connectivity index (χ1) is 7.95. The van der Waals surface area contributed by atoms with Crippen LogP contribution in [-0.2, 0) is 0 Å². The lowest BCUT2D eigenvalue weighted by Crippen LogP contribution is -2.32. The molecule has 0 spiro atoms. The van der Waals surface area contributed by atoms with Crippen LogP contribution in [0, 0.1) is 3.57 Å². The first kappa shape index (κ1) is 14.7. The average molecular weight is 408 g/mol. The van der Waals surface area contributed by atoms with Gasteiger partial charge in [-0.05, 0) is 70.6 Å². The predicted molar refractivity (Wildman–Crippen MR) is 83.3 cm³/mol. The van der Waals surface area contributed by atoms with Gasteiger partial charge in [0.2, 0.25) is 0 Å². The lowest BCUT2D eigenvalue weighted by atomic mass is 10.2. The summed E-state index contributed by atoms with van der Waals surface area (Å²) in [7, 11) is 0. The highest BCUT2D eigenvalue weighted by atomic mass is 127. The third-order valence-electron chi connectivity index (χ3n) is 2.29. The molecule has 0 unspecified atom stereocenters. The number of hydrogen-bond donors (Lipinski definition) is 0. The molecule has 92 valence electrons. The summed E-state index contributed by atoms with van der Waals surface area (Å²) in [6.07, 6.45) is 0. The van der Waals surface area contributed by atoms with Gasteiger partial charge in [0.05, 0.1) is 5.56 Å². The number of carbonyl (C=O) groups is 1. The SMILES string of the molecule is C=C(C)CN(CC)C(=O)c1cc(I)ccc1Br. The number of benzene rings is 1. The van der Waals surface area contributed by atoms with Crippen molar-refractivity contribution in [1.82, 2.24) is 4.90 Å². The molecule has 1 aromatic rings. The Labute approximate surface area is 124 Å². The first-order valence-electron chi connectivity index (χ1n) is 5.34. The fraction of sp³-hybridized carbons (Fsp3) is 0.308. The van der Waals surface area contributed by atoms with E-state index in [0.29, 0.717) is 18.7 Å². The fourth-order valence-electron chi connectivity index (χ4n) is 1.48. The van der Waals surface area contributed by atoms with Crippen LogP contribution in [-0.4, -0.2) is 23.9 Å². The number of amides is 1. The number of hydrogen-bond acceptors (Lipinski definition) is 1. The van der Waals surface area contributed by atoms with Crippen molar-refractivity contribution in [3.63, 3.8) is 0 Å². The van der Waals surface area contributed by atoms with Crippen LogP contribution in [0.3, 0.4) is 0 Å². The van der Waals surface area contributed by atoms with Crippen LogP contribution in [0.15, 0.2) is 34.8 Å². The Bertz CT molecular complexity index is 445. The maximum atomic E-state index is 12.3. The summed E-state index contributed by atoms with van der Waals surface area (Å²) >= 11 is 5.63. The molecule has 1 aromatic carbocycles. The molecule has 0 saturated carbocycles. The highest BCUT2D eigenvalue weighted by Crippen LogP contribution is 2.21. The Morgan fingerprint density at radius 3 is 2.71 bits per heavy atom. The van der Waals surface area contributed by atoms with Crippen molar-refractivity contribution in [2.45, 2.75) is 13.8 Å². The maximum absolute atomic E-state index is 12.3. The van der Waals surface area contributed by atoms with Crippen LogP contribution < -0.4 is 0 Å². The minimum absolute atomic E-state index is 0.0425. The average Bonchev–Trinajstić information content (AvgIpc) is 2.28. The molecular weight excluding hydrogens is 393 g/mol. The van der Waals surface area contributed by atoms with Crippen LogP contribution in [0.5, 0.6) is 0 Å². The van der Waals surface area contributed by atoms with E-state index in [9.17, 15) is 4.79 Å². The zero-order chi connectivity index (χ0) is 13.0. The van der Waals surface area contributed by atoms with Crippen LogP contribution in [0.4, 0.5) is 0 Å².